The van der Waals surface area contributed by atoms with Gasteiger partial charge in [-0.05, 0) is 5.56 Å². The second-order valence-electron chi connectivity index (χ2n) is 5.39. The summed E-state index contributed by atoms with van der Waals surface area (Å²) in [6.07, 6.45) is 6.31. The standard InChI is InChI=1S/C17H17N5O2/c1-21(17-19-9-14(10-20-17)16(23)24)12-15-18-7-8-22(15)11-13-5-3-2-4-6-13/h2-10H,11-12H2,1H3,(H,23,24). The number of rotatable bonds is 6. The monoisotopic (exact) mass is 323 g/mol. The summed E-state index contributed by atoms with van der Waals surface area (Å²) in [5.74, 6) is 0.295. The molecule has 3 aromatic rings. The van der Waals surface area contributed by atoms with Crippen molar-refractivity contribution in [3.05, 3.63) is 72.1 Å². The lowest BCUT2D eigenvalue weighted by atomic mass is 10.2. The normalized spacial score (nSPS) is 10.5. The lowest BCUT2D eigenvalue weighted by Crippen LogP contribution is -2.22. The van der Waals surface area contributed by atoms with E-state index in [1.54, 1.807) is 6.20 Å². The molecule has 1 N–H and O–H groups in total. The highest BCUT2D eigenvalue weighted by molar-refractivity contribution is 5.86. The van der Waals surface area contributed by atoms with Crippen molar-refractivity contribution in [3.63, 3.8) is 0 Å². The van der Waals surface area contributed by atoms with Gasteiger partial charge in [0.2, 0.25) is 5.95 Å². The predicted octanol–water partition coefficient (Wildman–Crippen LogP) is 2.06. The van der Waals surface area contributed by atoms with Crippen LogP contribution in [0.4, 0.5) is 5.95 Å². The van der Waals surface area contributed by atoms with Gasteiger partial charge in [-0.25, -0.2) is 19.7 Å². The fourth-order valence-corrected chi connectivity index (χ4v) is 2.33. The molecular formula is C17H17N5O2. The third-order valence-corrected chi connectivity index (χ3v) is 3.60. The van der Waals surface area contributed by atoms with E-state index in [2.05, 4.69) is 31.7 Å². The summed E-state index contributed by atoms with van der Waals surface area (Å²) in [5.41, 5.74) is 1.26. The van der Waals surface area contributed by atoms with E-state index in [9.17, 15) is 4.79 Å². The van der Waals surface area contributed by atoms with Gasteiger partial charge in [0.15, 0.2) is 0 Å². The Morgan fingerprint density at radius 1 is 1.17 bits per heavy atom. The molecule has 2 heterocycles. The molecule has 0 spiro atoms. The van der Waals surface area contributed by atoms with Crippen molar-refractivity contribution < 1.29 is 9.90 Å². The maximum Gasteiger partial charge on any atom is 0.338 e. The van der Waals surface area contributed by atoms with Gasteiger partial charge in [0.25, 0.3) is 0 Å². The molecule has 0 atom stereocenters. The number of carbonyl (C=O) groups is 1. The zero-order chi connectivity index (χ0) is 16.9. The van der Waals surface area contributed by atoms with E-state index in [4.69, 9.17) is 5.11 Å². The average molecular weight is 323 g/mol. The van der Waals surface area contributed by atoms with E-state index >= 15 is 0 Å². The van der Waals surface area contributed by atoms with Gasteiger partial charge in [-0.2, -0.15) is 0 Å². The van der Waals surface area contributed by atoms with Crippen molar-refractivity contribution in [2.24, 2.45) is 0 Å². The fourth-order valence-electron chi connectivity index (χ4n) is 2.33. The maximum atomic E-state index is 10.8. The van der Waals surface area contributed by atoms with Gasteiger partial charge >= 0.3 is 5.97 Å². The van der Waals surface area contributed by atoms with E-state index in [-0.39, 0.29) is 5.56 Å². The van der Waals surface area contributed by atoms with Crippen LogP contribution in [0.5, 0.6) is 0 Å². The third-order valence-electron chi connectivity index (χ3n) is 3.60. The Hall–Kier alpha value is -3.22. The smallest absolute Gasteiger partial charge is 0.338 e. The Kier molecular flexibility index (Phi) is 4.51. The van der Waals surface area contributed by atoms with E-state index in [0.29, 0.717) is 12.5 Å². The SMILES string of the molecule is CN(Cc1nccn1Cc1ccccc1)c1ncc(C(=O)O)cn1. The van der Waals surface area contributed by atoms with Crippen LogP contribution < -0.4 is 4.90 Å². The number of hydrogen-bond donors (Lipinski definition) is 1. The number of aromatic nitrogens is 4. The largest absolute Gasteiger partial charge is 0.478 e. The zero-order valence-electron chi connectivity index (χ0n) is 13.2. The van der Waals surface area contributed by atoms with Crippen molar-refractivity contribution in [1.82, 2.24) is 19.5 Å². The quantitative estimate of drug-likeness (QED) is 0.747. The maximum absolute atomic E-state index is 10.8. The van der Waals surface area contributed by atoms with Crippen molar-refractivity contribution in [2.75, 3.05) is 11.9 Å². The lowest BCUT2D eigenvalue weighted by molar-refractivity contribution is 0.0696. The van der Waals surface area contributed by atoms with Crippen LogP contribution in [-0.2, 0) is 13.1 Å². The average Bonchev–Trinajstić information content (AvgIpc) is 3.02. The van der Waals surface area contributed by atoms with Crippen LogP contribution in [-0.4, -0.2) is 37.6 Å². The Labute approximate surface area is 139 Å². The first-order chi connectivity index (χ1) is 11.6. The molecular weight excluding hydrogens is 306 g/mol. The molecule has 0 aliphatic heterocycles. The molecule has 2 aromatic heterocycles. The van der Waals surface area contributed by atoms with E-state index < -0.39 is 5.97 Å². The molecule has 0 amide bonds. The third kappa shape index (κ3) is 3.57. The lowest BCUT2D eigenvalue weighted by Gasteiger charge is -2.17. The van der Waals surface area contributed by atoms with Crippen LogP contribution in [0.25, 0.3) is 0 Å². The second-order valence-corrected chi connectivity index (χ2v) is 5.39. The van der Waals surface area contributed by atoms with E-state index in [1.165, 1.54) is 18.0 Å². The summed E-state index contributed by atoms with van der Waals surface area (Å²) >= 11 is 0. The molecule has 24 heavy (non-hydrogen) atoms. The summed E-state index contributed by atoms with van der Waals surface area (Å²) in [7, 11) is 1.84. The van der Waals surface area contributed by atoms with Crippen LogP contribution in [0, 0.1) is 0 Å². The summed E-state index contributed by atoms with van der Waals surface area (Å²) in [4.78, 5) is 25.3. The minimum absolute atomic E-state index is 0.0673. The molecule has 1 aromatic carbocycles. The summed E-state index contributed by atoms with van der Waals surface area (Å²) in [5, 5.41) is 8.89. The molecule has 0 saturated carbocycles. The van der Waals surface area contributed by atoms with Crippen molar-refractivity contribution in [2.45, 2.75) is 13.1 Å². The van der Waals surface area contributed by atoms with Gasteiger partial charge in [-0.3, -0.25) is 0 Å². The highest BCUT2D eigenvalue weighted by Crippen LogP contribution is 2.11. The van der Waals surface area contributed by atoms with Gasteiger partial charge in [0.1, 0.15) is 5.82 Å². The Balaban J connectivity index is 1.72. The predicted molar refractivity (Wildman–Crippen MR) is 88.9 cm³/mol. The molecule has 0 aliphatic carbocycles. The first-order valence-corrected chi connectivity index (χ1v) is 7.44. The van der Waals surface area contributed by atoms with Crippen LogP contribution in [0.3, 0.4) is 0 Å². The van der Waals surface area contributed by atoms with Crippen LogP contribution >= 0.6 is 0 Å². The molecule has 0 saturated heterocycles. The number of aromatic carboxylic acids is 1. The highest BCUT2D eigenvalue weighted by atomic mass is 16.4. The van der Waals surface area contributed by atoms with E-state index in [0.717, 1.165) is 12.4 Å². The number of anilines is 1. The second kappa shape index (κ2) is 6.91. The first-order valence-electron chi connectivity index (χ1n) is 7.44. The van der Waals surface area contributed by atoms with Gasteiger partial charge < -0.3 is 14.6 Å². The fraction of sp³-hybridized carbons (Fsp3) is 0.176. The van der Waals surface area contributed by atoms with Crippen LogP contribution in [0.2, 0.25) is 0 Å². The zero-order valence-corrected chi connectivity index (χ0v) is 13.2. The Morgan fingerprint density at radius 2 is 1.88 bits per heavy atom. The van der Waals surface area contributed by atoms with Crippen LogP contribution in [0.1, 0.15) is 21.7 Å². The van der Waals surface area contributed by atoms with Crippen molar-refractivity contribution in [1.29, 1.82) is 0 Å². The molecule has 122 valence electrons. The highest BCUT2D eigenvalue weighted by Gasteiger charge is 2.11. The first kappa shape index (κ1) is 15.7. The number of benzene rings is 1. The Morgan fingerprint density at radius 3 is 2.54 bits per heavy atom. The number of nitrogens with zero attached hydrogens (tertiary/aromatic N) is 5. The molecule has 7 nitrogen and oxygen atoms in total. The molecule has 0 aliphatic rings. The summed E-state index contributed by atoms with van der Waals surface area (Å²) < 4.78 is 2.07. The molecule has 0 radical (unpaired) electrons. The Bertz CT molecular complexity index is 815. The molecule has 3 rings (SSSR count). The number of hydrogen-bond acceptors (Lipinski definition) is 5. The summed E-state index contributed by atoms with van der Waals surface area (Å²) in [6.45, 7) is 1.26. The van der Waals surface area contributed by atoms with Crippen molar-refractivity contribution in [3.8, 4) is 0 Å². The number of carboxylic acids is 1. The number of carboxylic acid groups (broad SMARTS) is 1. The minimum atomic E-state index is -1.04. The van der Waals surface area contributed by atoms with Gasteiger partial charge in [0, 0.05) is 38.4 Å². The molecule has 0 bridgehead atoms. The van der Waals surface area contributed by atoms with Crippen molar-refractivity contribution >= 4 is 11.9 Å². The minimum Gasteiger partial charge on any atom is -0.478 e. The summed E-state index contributed by atoms with van der Waals surface area (Å²) in [6, 6.07) is 10.2. The molecule has 0 unspecified atom stereocenters. The van der Waals surface area contributed by atoms with Gasteiger partial charge in [-0.1, -0.05) is 30.3 Å². The molecule has 7 heteroatoms. The topological polar surface area (TPSA) is 84.1 Å². The van der Waals surface area contributed by atoms with Gasteiger partial charge in [0.05, 0.1) is 12.1 Å². The van der Waals surface area contributed by atoms with E-state index in [1.807, 2.05) is 36.3 Å². The molecule has 0 fully saturated rings. The number of imidazole rings is 1. The van der Waals surface area contributed by atoms with Gasteiger partial charge in [-0.15, -0.1) is 0 Å². The van der Waals surface area contributed by atoms with Crippen LogP contribution in [0.15, 0.2) is 55.1 Å².